The van der Waals surface area contributed by atoms with Crippen LogP contribution >= 0.6 is 11.8 Å². The number of fused-ring (bicyclic) bond motifs is 4. The third-order valence-corrected chi connectivity index (χ3v) is 11.4. The Morgan fingerprint density at radius 2 is 1.66 bits per heavy atom. The molecule has 5 atom stereocenters. The van der Waals surface area contributed by atoms with Crippen molar-refractivity contribution in [3.63, 3.8) is 0 Å². The van der Waals surface area contributed by atoms with Crippen LogP contribution in [0.4, 0.5) is 22.0 Å². The summed E-state index contributed by atoms with van der Waals surface area (Å²) in [5.74, 6) is -5.52. The summed E-state index contributed by atoms with van der Waals surface area (Å²) < 4.78 is 71.5. The predicted molar refractivity (Wildman–Crippen MR) is 149 cm³/mol. The predicted octanol–water partition coefficient (Wildman–Crippen LogP) is 8.81. The molecule has 4 aliphatic carbocycles. The van der Waals surface area contributed by atoms with Gasteiger partial charge in [-0.2, -0.15) is 22.0 Å². The third-order valence-electron chi connectivity index (χ3n) is 10.3. The van der Waals surface area contributed by atoms with Gasteiger partial charge in [0.25, 0.3) is 0 Å². The summed E-state index contributed by atoms with van der Waals surface area (Å²) in [4.78, 5) is 13.3. The summed E-state index contributed by atoms with van der Waals surface area (Å²) >= 11 is 1.67. The first kappa shape index (κ1) is 28.7. The van der Waals surface area contributed by atoms with Gasteiger partial charge in [-0.1, -0.05) is 55.0 Å². The summed E-state index contributed by atoms with van der Waals surface area (Å²) in [7, 11) is 0. The molecule has 1 N–H and O–H groups in total. The Morgan fingerprint density at radius 1 is 0.951 bits per heavy atom. The van der Waals surface area contributed by atoms with E-state index >= 15 is 8.78 Å². The van der Waals surface area contributed by atoms with E-state index in [1.165, 1.54) is 12.5 Å². The molecule has 218 valence electrons. The molecular formula is C33H33F5O2S. The molecule has 0 spiro atoms. The number of halogens is 5. The van der Waals surface area contributed by atoms with Crippen molar-refractivity contribution in [3.8, 4) is 0 Å². The van der Waals surface area contributed by atoms with Crippen molar-refractivity contribution >= 4 is 17.5 Å². The molecule has 2 nitrogen and oxygen atoms in total. The molecule has 2 aromatic rings. The first-order chi connectivity index (χ1) is 19.4. The molecule has 0 aromatic heterocycles. The molecule has 0 bridgehead atoms. The molecular weight excluding hydrogens is 555 g/mol. The van der Waals surface area contributed by atoms with Crippen LogP contribution in [0.3, 0.4) is 0 Å². The van der Waals surface area contributed by atoms with Crippen LogP contribution in [0.15, 0.2) is 82.3 Å². The van der Waals surface area contributed by atoms with Crippen molar-refractivity contribution in [2.24, 2.45) is 17.3 Å². The molecule has 0 unspecified atom stereocenters. The first-order valence-corrected chi connectivity index (χ1v) is 15.2. The van der Waals surface area contributed by atoms with Crippen LogP contribution in [0, 0.1) is 17.3 Å². The molecule has 0 saturated heterocycles. The largest absolute Gasteiger partial charge is 0.456 e. The zero-order valence-electron chi connectivity index (χ0n) is 22.8. The fourth-order valence-electron chi connectivity index (χ4n) is 8.25. The van der Waals surface area contributed by atoms with Gasteiger partial charge in [0.2, 0.25) is 0 Å². The number of thioether (sulfide) groups is 1. The van der Waals surface area contributed by atoms with Gasteiger partial charge in [-0.15, -0.1) is 11.8 Å². The Hall–Kier alpha value is -2.45. The molecule has 0 radical (unpaired) electrons. The number of carbonyl (C=O) groups excluding carboxylic acids is 1. The summed E-state index contributed by atoms with van der Waals surface area (Å²) in [6.07, 6.45) is -2.55. The van der Waals surface area contributed by atoms with E-state index in [2.05, 4.69) is 12.1 Å². The highest BCUT2D eigenvalue weighted by molar-refractivity contribution is 7.98. The number of allylic oxidation sites excluding steroid dienone is 4. The number of hydrogen-bond donors (Lipinski definition) is 1. The minimum Gasteiger partial charge on any atom is -0.383 e. The van der Waals surface area contributed by atoms with Gasteiger partial charge in [-0.3, -0.25) is 4.79 Å². The maximum atomic E-state index is 15.1. The maximum absolute atomic E-state index is 15.1. The molecule has 2 fully saturated rings. The highest BCUT2D eigenvalue weighted by Crippen LogP contribution is 2.70. The van der Waals surface area contributed by atoms with E-state index in [9.17, 15) is 23.1 Å². The molecule has 6 rings (SSSR count). The normalized spacial score (nSPS) is 31.8. The van der Waals surface area contributed by atoms with Gasteiger partial charge in [-0.25, -0.2) is 0 Å². The second kappa shape index (κ2) is 10.1. The molecule has 8 heteroatoms. The van der Waals surface area contributed by atoms with Gasteiger partial charge >= 0.3 is 12.1 Å². The van der Waals surface area contributed by atoms with Crippen molar-refractivity contribution in [2.45, 2.75) is 86.1 Å². The van der Waals surface area contributed by atoms with Crippen LogP contribution in [0.5, 0.6) is 0 Å². The zero-order chi connectivity index (χ0) is 29.2. The van der Waals surface area contributed by atoms with E-state index in [0.29, 0.717) is 25.7 Å². The molecule has 4 aliphatic rings. The second-order valence-electron chi connectivity index (χ2n) is 12.3. The van der Waals surface area contributed by atoms with Crippen molar-refractivity contribution in [1.29, 1.82) is 0 Å². The molecule has 41 heavy (non-hydrogen) atoms. The van der Waals surface area contributed by atoms with Crippen molar-refractivity contribution < 1.29 is 31.9 Å². The van der Waals surface area contributed by atoms with Gasteiger partial charge in [0.1, 0.15) is 5.60 Å². The first-order valence-electron chi connectivity index (χ1n) is 14.3. The smallest absolute Gasteiger partial charge is 0.383 e. The molecule has 0 amide bonds. The lowest BCUT2D eigenvalue weighted by atomic mass is 9.50. The Balaban J connectivity index is 1.41. The maximum Gasteiger partial charge on any atom is 0.456 e. The topological polar surface area (TPSA) is 37.3 Å². The van der Waals surface area contributed by atoms with Gasteiger partial charge < -0.3 is 5.11 Å². The Labute approximate surface area is 241 Å². The van der Waals surface area contributed by atoms with Crippen LogP contribution in [-0.4, -0.2) is 28.6 Å². The van der Waals surface area contributed by atoms with E-state index < -0.39 is 41.4 Å². The average Bonchev–Trinajstić information content (AvgIpc) is 3.23. The number of ketones is 1. The minimum atomic E-state index is -5.85. The number of rotatable bonds is 5. The van der Waals surface area contributed by atoms with E-state index in [1.807, 2.05) is 42.5 Å². The van der Waals surface area contributed by atoms with Crippen molar-refractivity contribution in [1.82, 2.24) is 0 Å². The number of hydrogen-bond acceptors (Lipinski definition) is 3. The van der Waals surface area contributed by atoms with Gasteiger partial charge in [0, 0.05) is 28.4 Å². The van der Waals surface area contributed by atoms with Crippen molar-refractivity contribution in [3.05, 3.63) is 88.5 Å². The lowest BCUT2D eigenvalue weighted by molar-refractivity contribution is -0.362. The van der Waals surface area contributed by atoms with E-state index in [4.69, 9.17) is 0 Å². The average molecular weight is 589 g/mol. The van der Waals surface area contributed by atoms with Crippen molar-refractivity contribution in [2.75, 3.05) is 0 Å². The van der Waals surface area contributed by atoms with E-state index in [1.54, 1.807) is 17.8 Å². The van der Waals surface area contributed by atoms with Crippen LogP contribution in [0.2, 0.25) is 0 Å². The minimum absolute atomic E-state index is 0.00704. The zero-order valence-corrected chi connectivity index (χ0v) is 23.6. The number of alkyl halides is 5. The number of carbonyl (C=O) groups is 1. The van der Waals surface area contributed by atoms with Crippen LogP contribution < -0.4 is 0 Å². The monoisotopic (exact) mass is 588 g/mol. The van der Waals surface area contributed by atoms with E-state index in [0.717, 1.165) is 32.9 Å². The molecule has 0 heterocycles. The van der Waals surface area contributed by atoms with Crippen LogP contribution in [0.25, 0.3) is 0 Å². The fourth-order valence-corrected chi connectivity index (χ4v) is 9.11. The Morgan fingerprint density at radius 3 is 2.34 bits per heavy atom. The highest BCUT2D eigenvalue weighted by atomic mass is 32.2. The third kappa shape index (κ3) is 4.51. The number of aliphatic hydroxyl groups is 1. The lowest BCUT2D eigenvalue weighted by Gasteiger charge is -2.56. The molecule has 2 saturated carbocycles. The summed E-state index contributed by atoms with van der Waals surface area (Å²) in [5.41, 5.74) is 0.338. The SMILES string of the molecule is C[C@]12C[C@H](c3ccc(SCc4ccccc4)cc3)C3=C4CCC(=O)C=C4CC[C@H]3[C@@H]1CC[C@]2(O)C(F)(F)C(F)(F)F. The number of benzene rings is 2. The molecule has 0 aliphatic heterocycles. The quantitative estimate of drug-likeness (QED) is 0.280. The second-order valence-corrected chi connectivity index (χ2v) is 13.4. The van der Waals surface area contributed by atoms with E-state index in [-0.39, 0.29) is 24.5 Å². The fraction of sp³-hybridized carbons (Fsp3) is 0.485. The standard InChI is InChI=1S/C33H33F5O2S/c1-30-18-27(21-7-11-24(12-8-21)41-19-20-5-3-2-4-6-20)29-25-14-10-23(39)17-22(25)9-13-26(29)28(30)15-16-31(30,40)32(34,35)33(36,37)38/h2-8,11-12,17,26-28,40H,9-10,13-16,18-19H2,1H3/t26-,27+,28-,30-,31+/m0/s1. The lowest BCUT2D eigenvalue weighted by Crippen LogP contribution is -2.65. The Kier molecular flexibility index (Phi) is 7.04. The summed E-state index contributed by atoms with van der Waals surface area (Å²) in [6.45, 7) is 1.46. The summed E-state index contributed by atoms with van der Waals surface area (Å²) in [5, 5.41) is 11.4. The highest BCUT2D eigenvalue weighted by Gasteiger charge is 2.79. The summed E-state index contributed by atoms with van der Waals surface area (Å²) in [6, 6.07) is 17.9. The Bertz CT molecular complexity index is 1400. The van der Waals surface area contributed by atoms with Crippen LogP contribution in [0.1, 0.15) is 68.9 Å². The van der Waals surface area contributed by atoms with Crippen LogP contribution in [-0.2, 0) is 10.5 Å². The molecule has 2 aromatic carbocycles. The van der Waals surface area contributed by atoms with Gasteiger partial charge in [-0.05, 0) is 90.8 Å². The van der Waals surface area contributed by atoms with Gasteiger partial charge in [0.15, 0.2) is 5.78 Å². The van der Waals surface area contributed by atoms with Gasteiger partial charge in [0.05, 0.1) is 0 Å².